The van der Waals surface area contributed by atoms with Crippen molar-refractivity contribution in [2.45, 2.75) is 12.8 Å². The van der Waals surface area contributed by atoms with Crippen LogP contribution < -0.4 is 22.1 Å². The maximum Gasteiger partial charge on any atom is 0.273 e. The first kappa shape index (κ1) is 23.4. The van der Waals surface area contributed by atoms with Crippen molar-refractivity contribution in [2.75, 3.05) is 51.7 Å². The summed E-state index contributed by atoms with van der Waals surface area (Å²) in [4.78, 5) is 31.9. The molecule has 1 heterocycles. The number of aromatic nitrogens is 2. The molecule has 1 aromatic carbocycles. The summed E-state index contributed by atoms with van der Waals surface area (Å²) in [5, 5.41) is 5.66. The monoisotopic (exact) mass is 434 g/mol. The van der Waals surface area contributed by atoms with E-state index in [1.807, 2.05) is 30.3 Å². The lowest BCUT2D eigenvalue weighted by atomic mass is 10.1. The minimum Gasteiger partial charge on any atom is -0.382 e. The lowest BCUT2D eigenvalue weighted by Gasteiger charge is -2.30. The van der Waals surface area contributed by atoms with Crippen molar-refractivity contribution in [3.8, 4) is 0 Å². The Balaban J connectivity index is 1.68. The van der Waals surface area contributed by atoms with Crippen molar-refractivity contribution in [2.24, 2.45) is 0 Å². The molecule has 0 aliphatic rings. The average molecular weight is 435 g/mol. The van der Waals surface area contributed by atoms with Crippen molar-refractivity contribution in [3.63, 3.8) is 0 Å². The van der Waals surface area contributed by atoms with Gasteiger partial charge in [-0.15, -0.1) is 0 Å². The molecule has 6 N–H and O–H groups in total. The van der Waals surface area contributed by atoms with Crippen LogP contribution in [-0.2, 0) is 11.2 Å². The third-order valence-electron chi connectivity index (χ3n) is 4.59. The summed E-state index contributed by atoms with van der Waals surface area (Å²) in [6, 6.07) is 9.64. The second-order valence-corrected chi connectivity index (χ2v) is 8.00. The van der Waals surface area contributed by atoms with Gasteiger partial charge in [0.1, 0.15) is 0 Å². The molecule has 0 aliphatic heterocycles. The summed E-state index contributed by atoms with van der Waals surface area (Å²) in [6.07, 6.45) is 1.21. The van der Waals surface area contributed by atoms with Gasteiger partial charge in [-0.25, -0.2) is 9.97 Å². The number of anilines is 2. The maximum atomic E-state index is 12.3. The molecule has 2 rings (SSSR count). The molecule has 162 valence electrons. The van der Waals surface area contributed by atoms with Crippen LogP contribution in [0.3, 0.4) is 0 Å². The third-order valence-corrected chi connectivity index (χ3v) is 4.87. The molecule has 10 heteroatoms. The van der Waals surface area contributed by atoms with E-state index in [-0.39, 0.29) is 28.4 Å². The fourth-order valence-electron chi connectivity index (χ4n) is 2.85. The number of hydrogen-bond donors (Lipinski definition) is 4. The predicted molar refractivity (Wildman–Crippen MR) is 118 cm³/mol. The summed E-state index contributed by atoms with van der Waals surface area (Å²) >= 11 is 5.81. The van der Waals surface area contributed by atoms with Gasteiger partial charge in [-0.05, 0) is 5.56 Å². The Bertz CT molecular complexity index is 875. The quantitative estimate of drug-likeness (QED) is 0.323. The molecule has 0 fully saturated rings. The van der Waals surface area contributed by atoms with E-state index in [1.165, 1.54) is 0 Å². The van der Waals surface area contributed by atoms with Crippen LogP contribution in [0, 0.1) is 0 Å². The standard InChI is InChI=1S/C20H28ClN7O2/c1-28(2,11-6-9-24-15(29)13-14-7-4-3-5-8-14)12-10-25-20(30)16-18(22)27-19(23)17(21)26-16/h3-5,7-8H,6,9-13H2,1-2H3,(H5-,22,23,24,25,27,29,30)/p+1. The first-order valence-electron chi connectivity index (χ1n) is 9.67. The number of amides is 2. The predicted octanol–water partition coefficient (Wildman–Crippen LogP) is 0.850. The van der Waals surface area contributed by atoms with E-state index in [0.717, 1.165) is 18.5 Å². The van der Waals surface area contributed by atoms with Gasteiger partial charge in [0, 0.05) is 13.0 Å². The zero-order valence-electron chi connectivity index (χ0n) is 17.3. The lowest BCUT2D eigenvalue weighted by molar-refractivity contribution is -0.889. The van der Waals surface area contributed by atoms with Gasteiger partial charge in [0.05, 0.1) is 40.2 Å². The van der Waals surface area contributed by atoms with E-state index in [9.17, 15) is 9.59 Å². The second kappa shape index (κ2) is 10.7. The Labute approximate surface area is 181 Å². The molecule has 0 spiro atoms. The van der Waals surface area contributed by atoms with Gasteiger partial charge in [0.2, 0.25) is 5.91 Å². The van der Waals surface area contributed by atoms with Crippen LogP contribution in [0.2, 0.25) is 5.15 Å². The molecule has 0 unspecified atom stereocenters. The largest absolute Gasteiger partial charge is 0.382 e. The highest BCUT2D eigenvalue weighted by Gasteiger charge is 2.18. The van der Waals surface area contributed by atoms with Crippen LogP contribution >= 0.6 is 11.6 Å². The number of halogens is 1. The topological polar surface area (TPSA) is 136 Å². The zero-order valence-corrected chi connectivity index (χ0v) is 18.1. The molecular formula is C20H29ClN7O2+. The normalized spacial score (nSPS) is 11.2. The van der Waals surface area contributed by atoms with Gasteiger partial charge in [-0.1, -0.05) is 41.9 Å². The van der Waals surface area contributed by atoms with Crippen LogP contribution in [0.25, 0.3) is 0 Å². The molecule has 0 saturated carbocycles. The summed E-state index contributed by atoms with van der Waals surface area (Å²) in [7, 11) is 4.12. The number of nitrogens with one attached hydrogen (secondary N) is 2. The first-order valence-corrected chi connectivity index (χ1v) is 10.0. The van der Waals surface area contributed by atoms with Crippen molar-refractivity contribution in [3.05, 3.63) is 46.7 Å². The van der Waals surface area contributed by atoms with E-state index < -0.39 is 5.91 Å². The molecule has 30 heavy (non-hydrogen) atoms. The number of benzene rings is 1. The van der Waals surface area contributed by atoms with Crippen LogP contribution in [0.15, 0.2) is 30.3 Å². The number of likely N-dealkylation sites (N-methyl/N-ethyl adjacent to an activating group) is 1. The Hall–Kier alpha value is -2.91. The van der Waals surface area contributed by atoms with Gasteiger partial charge in [0.25, 0.3) is 5.91 Å². The molecule has 0 atom stereocenters. The highest BCUT2D eigenvalue weighted by Crippen LogP contribution is 2.17. The van der Waals surface area contributed by atoms with E-state index in [0.29, 0.717) is 30.5 Å². The molecule has 2 aromatic rings. The molecule has 0 radical (unpaired) electrons. The van der Waals surface area contributed by atoms with Crippen molar-refractivity contribution in [1.29, 1.82) is 0 Å². The Kier molecular flexibility index (Phi) is 8.37. The fraction of sp³-hybridized carbons (Fsp3) is 0.400. The summed E-state index contributed by atoms with van der Waals surface area (Å²) in [6.45, 7) is 2.57. The summed E-state index contributed by atoms with van der Waals surface area (Å²) in [5.74, 6) is -0.511. The number of carbonyl (C=O) groups excluding carboxylic acids is 2. The van der Waals surface area contributed by atoms with Gasteiger partial charge >= 0.3 is 0 Å². The maximum absolute atomic E-state index is 12.3. The van der Waals surface area contributed by atoms with Crippen molar-refractivity contribution in [1.82, 2.24) is 20.6 Å². The zero-order chi connectivity index (χ0) is 22.1. The lowest BCUT2D eigenvalue weighted by Crippen LogP contribution is -2.46. The second-order valence-electron chi connectivity index (χ2n) is 7.64. The van der Waals surface area contributed by atoms with Crippen LogP contribution in [0.1, 0.15) is 22.5 Å². The van der Waals surface area contributed by atoms with E-state index in [4.69, 9.17) is 23.1 Å². The number of nitrogen functional groups attached to an aromatic ring is 2. The SMILES string of the molecule is C[N+](C)(CCCNC(=O)Cc1ccccc1)CCNC(=O)c1nc(Cl)c(N)nc1N. The van der Waals surface area contributed by atoms with E-state index in [1.54, 1.807) is 0 Å². The highest BCUT2D eigenvalue weighted by atomic mass is 35.5. The number of hydrogen-bond acceptors (Lipinski definition) is 6. The molecule has 0 saturated heterocycles. The number of nitrogens with zero attached hydrogens (tertiary/aromatic N) is 3. The van der Waals surface area contributed by atoms with Gasteiger partial charge in [-0.2, -0.15) is 0 Å². The van der Waals surface area contributed by atoms with E-state index >= 15 is 0 Å². The smallest absolute Gasteiger partial charge is 0.273 e. The van der Waals surface area contributed by atoms with Gasteiger partial charge in [0.15, 0.2) is 22.5 Å². The fourth-order valence-corrected chi connectivity index (χ4v) is 2.98. The number of rotatable bonds is 10. The van der Waals surface area contributed by atoms with Crippen LogP contribution in [0.4, 0.5) is 11.6 Å². The number of carbonyl (C=O) groups is 2. The molecule has 1 aromatic heterocycles. The summed E-state index contributed by atoms with van der Waals surface area (Å²) < 4.78 is 0.679. The number of quaternary nitrogens is 1. The van der Waals surface area contributed by atoms with Gasteiger partial charge < -0.3 is 26.6 Å². The summed E-state index contributed by atoms with van der Waals surface area (Å²) in [5.41, 5.74) is 12.2. The molecular weight excluding hydrogens is 406 g/mol. The number of nitrogens with two attached hydrogens (primary N) is 2. The highest BCUT2D eigenvalue weighted by molar-refractivity contribution is 6.31. The first-order chi connectivity index (χ1) is 14.2. The molecule has 2 amide bonds. The van der Waals surface area contributed by atoms with Crippen molar-refractivity contribution < 1.29 is 14.1 Å². The minimum atomic E-state index is -0.449. The molecule has 9 nitrogen and oxygen atoms in total. The Morgan fingerprint density at radius 2 is 1.70 bits per heavy atom. The molecule has 0 aliphatic carbocycles. The van der Waals surface area contributed by atoms with Crippen LogP contribution in [-0.4, -0.2) is 66.5 Å². The van der Waals surface area contributed by atoms with Crippen LogP contribution in [0.5, 0.6) is 0 Å². The minimum absolute atomic E-state index is 0.0135. The Morgan fingerprint density at radius 1 is 1.00 bits per heavy atom. The Morgan fingerprint density at radius 3 is 2.40 bits per heavy atom. The van der Waals surface area contributed by atoms with Crippen molar-refractivity contribution >= 4 is 35.1 Å². The molecule has 0 bridgehead atoms. The van der Waals surface area contributed by atoms with E-state index in [2.05, 4.69) is 34.7 Å². The van der Waals surface area contributed by atoms with Gasteiger partial charge in [-0.3, -0.25) is 9.59 Å². The third kappa shape index (κ3) is 7.49. The average Bonchev–Trinajstić information content (AvgIpc) is 2.68.